The van der Waals surface area contributed by atoms with Crippen LogP contribution in [0.3, 0.4) is 0 Å². The Morgan fingerprint density at radius 1 is 0.913 bits per heavy atom. The number of carbonyl (C=O) groups is 3. The molecule has 2 aromatic carbocycles. The first-order chi connectivity index (χ1) is 22.1. The predicted octanol–water partition coefficient (Wildman–Crippen LogP) is 3.76. The second kappa shape index (κ2) is 13.2. The lowest BCUT2D eigenvalue weighted by atomic mass is 9.95. The number of benzene rings is 2. The van der Waals surface area contributed by atoms with Crippen molar-refractivity contribution in [1.29, 1.82) is 0 Å². The van der Waals surface area contributed by atoms with Crippen molar-refractivity contribution in [3.05, 3.63) is 64.6 Å². The molecule has 1 atom stereocenters. The normalized spacial score (nSPS) is 20.2. The van der Waals surface area contributed by atoms with Gasteiger partial charge in [-0.3, -0.25) is 24.6 Å². The highest BCUT2D eigenvalue weighted by molar-refractivity contribution is 5.99. The van der Waals surface area contributed by atoms with Gasteiger partial charge in [0.2, 0.25) is 5.91 Å². The minimum absolute atomic E-state index is 0.194. The molecule has 0 spiro atoms. The number of esters is 1. The van der Waals surface area contributed by atoms with E-state index >= 15 is 0 Å². The molecule has 11 nitrogen and oxygen atoms in total. The first kappa shape index (κ1) is 31.7. The van der Waals surface area contributed by atoms with Gasteiger partial charge >= 0.3 is 5.97 Å². The number of piperidine rings is 2. The van der Waals surface area contributed by atoms with Crippen LogP contribution in [0.1, 0.15) is 69.3 Å². The Morgan fingerprint density at radius 2 is 1.59 bits per heavy atom. The van der Waals surface area contributed by atoms with E-state index in [0.717, 1.165) is 81.8 Å². The molecule has 6 rings (SSSR count). The molecule has 4 heterocycles. The van der Waals surface area contributed by atoms with Crippen LogP contribution in [0.5, 0.6) is 0 Å². The van der Waals surface area contributed by atoms with Crippen LogP contribution in [0, 0.1) is 5.92 Å². The van der Waals surface area contributed by atoms with Crippen LogP contribution in [0.2, 0.25) is 0 Å². The molecule has 2 amide bonds. The van der Waals surface area contributed by atoms with E-state index in [-0.39, 0.29) is 30.3 Å². The Bertz CT molecular complexity index is 1650. The van der Waals surface area contributed by atoms with Crippen molar-refractivity contribution in [2.75, 3.05) is 55.6 Å². The van der Waals surface area contributed by atoms with E-state index in [1.165, 1.54) is 4.68 Å². The standard InChI is InChI=1S/C35H44N6O5/c1-4-35(2,3)46-34(45)25-5-7-27(8-6-25)39-15-13-24(14-16-39)23-38-17-19-40(20-18-38)28-9-10-29-26(21-28)22-36-41(33(29)44)30-11-12-31(42)37-32(30)43/h5-10,21-22,24,30H,4,11-20,23H2,1-3H3,(H,37,42,43). The highest BCUT2D eigenvalue weighted by Gasteiger charge is 2.30. The molecule has 3 aromatic rings. The molecule has 0 bridgehead atoms. The number of anilines is 2. The van der Waals surface area contributed by atoms with E-state index in [0.29, 0.717) is 16.9 Å². The molecule has 0 aliphatic carbocycles. The van der Waals surface area contributed by atoms with Gasteiger partial charge < -0.3 is 14.5 Å². The van der Waals surface area contributed by atoms with Crippen molar-refractivity contribution in [2.45, 2.75) is 64.5 Å². The fourth-order valence-corrected chi connectivity index (χ4v) is 6.60. The molecule has 0 saturated carbocycles. The molecule has 3 saturated heterocycles. The molecule has 3 fully saturated rings. The predicted molar refractivity (Wildman–Crippen MR) is 177 cm³/mol. The van der Waals surface area contributed by atoms with Crippen LogP contribution in [0.4, 0.5) is 11.4 Å². The number of nitrogens with zero attached hydrogens (tertiary/aromatic N) is 5. The number of aromatic nitrogens is 2. The number of nitrogens with one attached hydrogen (secondary N) is 1. The molecule has 3 aliphatic heterocycles. The Morgan fingerprint density at radius 3 is 2.26 bits per heavy atom. The van der Waals surface area contributed by atoms with E-state index < -0.39 is 17.6 Å². The number of carbonyl (C=O) groups excluding carboxylic acids is 3. The van der Waals surface area contributed by atoms with Crippen LogP contribution in [0.25, 0.3) is 10.8 Å². The largest absolute Gasteiger partial charge is 0.456 e. The molecule has 46 heavy (non-hydrogen) atoms. The van der Waals surface area contributed by atoms with Gasteiger partial charge in [-0.15, -0.1) is 0 Å². The summed E-state index contributed by atoms with van der Waals surface area (Å²) >= 11 is 0. The van der Waals surface area contributed by atoms with Gasteiger partial charge in [-0.1, -0.05) is 6.92 Å². The summed E-state index contributed by atoms with van der Waals surface area (Å²) in [6.45, 7) is 12.8. The lowest BCUT2D eigenvalue weighted by Gasteiger charge is -2.40. The number of hydrogen-bond donors (Lipinski definition) is 1. The number of fused-ring (bicyclic) bond motifs is 1. The summed E-state index contributed by atoms with van der Waals surface area (Å²) in [7, 11) is 0. The lowest BCUT2D eigenvalue weighted by molar-refractivity contribution is -0.136. The van der Waals surface area contributed by atoms with Crippen LogP contribution >= 0.6 is 0 Å². The number of hydrogen-bond acceptors (Lipinski definition) is 9. The summed E-state index contributed by atoms with van der Waals surface area (Å²) in [5.41, 5.74) is 2.02. The van der Waals surface area contributed by atoms with Gasteiger partial charge in [0, 0.05) is 69.0 Å². The molecule has 1 aromatic heterocycles. The maximum Gasteiger partial charge on any atom is 0.338 e. The average molecular weight is 629 g/mol. The van der Waals surface area contributed by atoms with E-state index in [1.54, 1.807) is 6.20 Å². The molecule has 1 unspecified atom stereocenters. The van der Waals surface area contributed by atoms with Gasteiger partial charge in [0.25, 0.3) is 11.5 Å². The zero-order valence-electron chi connectivity index (χ0n) is 27.0. The highest BCUT2D eigenvalue weighted by atomic mass is 16.6. The fraction of sp³-hybridized carbons (Fsp3) is 0.514. The third-order valence-electron chi connectivity index (χ3n) is 9.86. The number of rotatable bonds is 8. The third-order valence-corrected chi connectivity index (χ3v) is 9.86. The number of ether oxygens (including phenoxy) is 1. The molecule has 11 heteroatoms. The van der Waals surface area contributed by atoms with E-state index in [2.05, 4.69) is 25.1 Å². The zero-order chi connectivity index (χ0) is 32.4. The van der Waals surface area contributed by atoms with Crippen LogP contribution in [0.15, 0.2) is 53.5 Å². The second-order valence-corrected chi connectivity index (χ2v) is 13.4. The SMILES string of the molecule is CCC(C)(C)OC(=O)c1ccc(N2CCC(CN3CCN(c4ccc5c(=O)n(C6CCC(=O)NC6=O)ncc5c4)CC3)CC2)cc1. The monoisotopic (exact) mass is 628 g/mol. The number of piperazine rings is 1. The van der Waals surface area contributed by atoms with Crippen molar-refractivity contribution in [3.63, 3.8) is 0 Å². The summed E-state index contributed by atoms with van der Waals surface area (Å²) in [4.78, 5) is 56.8. The quantitative estimate of drug-likeness (QED) is 0.294. The van der Waals surface area contributed by atoms with Crippen LogP contribution in [-0.2, 0) is 14.3 Å². The van der Waals surface area contributed by atoms with Crippen molar-refractivity contribution in [3.8, 4) is 0 Å². The molecule has 3 aliphatic rings. The maximum absolute atomic E-state index is 13.2. The number of imide groups is 1. The Balaban J connectivity index is 0.982. The smallest absolute Gasteiger partial charge is 0.338 e. The first-order valence-electron chi connectivity index (χ1n) is 16.5. The van der Waals surface area contributed by atoms with Crippen molar-refractivity contribution in [1.82, 2.24) is 20.0 Å². The third kappa shape index (κ3) is 6.94. The highest BCUT2D eigenvalue weighted by Crippen LogP contribution is 2.27. The molecular weight excluding hydrogens is 584 g/mol. The van der Waals surface area contributed by atoms with Crippen LogP contribution in [-0.4, -0.2) is 83.9 Å². The summed E-state index contributed by atoms with van der Waals surface area (Å²) in [6, 6.07) is 12.9. The second-order valence-electron chi connectivity index (χ2n) is 13.4. The first-order valence-corrected chi connectivity index (χ1v) is 16.5. The van der Waals surface area contributed by atoms with Gasteiger partial charge in [0.15, 0.2) is 0 Å². The Kier molecular flexibility index (Phi) is 9.13. The maximum atomic E-state index is 13.2. The Hall–Kier alpha value is -4.25. The van der Waals surface area contributed by atoms with Gasteiger partial charge in [0.05, 0.1) is 17.1 Å². The number of amides is 2. The van der Waals surface area contributed by atoms with Gasteiger partial charge in [0.1, 0.15) is 11.6 Å². The minimum Gasteiger partial charge on any atom is -0.456 e. The van der Waals surface area contributed by atoms with Gasteiger partial charge in [-0.25, -0.2) is 9.48 Å². The molecule has 0 radical (unpaired) electrons. The summed E-state index contributed by atoms with van der Waals surface area (Å²) in [6.07, 6.45) is 5.16. The zero-order valence-corrected chi connectivity index (χ0v) is 27.0. The topological polar surface area (TPSA) is 117 Å². The summed E-state index contributed by atoms with van der Waals surface area (Å²) < 4.78 is 6.84. The van der Waals surface area contributed by atoms with Gasteiger partial charge in [-0.05, 0) is 87.9 Å². The van der Waals surface area contributed by atoms with Crippen LogP contribution < -0.4 is 20.7 Å². The van der Waals surface area contributed by atoms with E-state index in [9.17, 15) is 19.2 Å². The van der Waals surface area contributed by atoms with Crippen molar-refractivity contribution in [2.24, 2.45) is 5.92 Å². The molecule has 244 valence electrons. The average Bonchev–Trinajstić information content (AvgIpc) is 3.06. The van der Waals surface area contributed by atoms with E-state index in [4.69, 9.17) is 4.74 Å². The van der Waals surface area contributed by atoms with Gasteiger partial charge in [-0.2, -0.15) is 5.10 Å². The fourth-order valence-electron chi connectivity index (χ4n) is 6.60. The minimum atomic E-state index is -0.767. The van der Waals surface area contributed by atoms with Crippen molar-refractivity contribution >= 4 is 39.9 Å². The van der Waals surface area contributed by atoms with Crippen molar-refractivity contribution < 1.29 is 19.1 Å². The summed E-state index contributed by atoms with van der Waals surface area (Å²) in [5, 5.41) is 7.87. The molecular formula is C35H44N6O5. The lowest BCUT2D eigenvalue weighted by Crippen LogP contribution is -2.49. The Labute approximate surface area is 269 Å². The summed E-state index contributed by atoms with van der Waals surface area (Å²) in [5.74, 6) is -0.411. The molecule has 1 N–H and O–H groups in total. The van der Waals surface area contributed by atoms with E-state index in [1.807, 2.05) is 63.2 Å².